The zero-order valence-corrected chi connectivity index (χ0v) is 10.7. The number of nitrogens with zero attached hydrogens (tertiary/aromatic N) is 2. The molecular weight excluding hydrogens is 268 g/mol. The van der Waals surface area contributed by atoms with E-state index < -0.39 is 36.7 Å². The van der Waals surface area contributed by atoms with Crippen LogP contribution in [-0.2, 0) is 4.74 Å². The second-order valence-electron chi connectivity index (χ2n) is 4.44. The molecule has 1 aliphatic heterocycles. The highest BCUT2D eigenvalue weighted by Gasteiger charge is 2.43. The smallest absolute Gasteiger partial charge is 0.274 e. The molecule has 6 N–H and O–H groups in total. The third kappa shape index (κ3) is 2.81. The lowest BCUT2D eigenvalue weighted by Crippen LogP contribution is -2.34. The molecule has 9 nitrogen and oxygen atoms in total. The van der Waals surface area contributed by atoms with Gasteiger partial charge < -0.3 is 31.1 Å². The first kappa shape index (κ1) is 14.9. The van der Waals surface area contributed by atoms with Crippen LogP contribution in [-0.4, -0.2) is 62.9 Å². The largest absolute Gasteiger partial charge is 0.394 e. The minimum absolute atomic E-state index is 0.179. The van der Waals surface area contributed by atoms with Crippen molar-refractivity contribution in [1.82, 2.24) is 9.55 Å². The van der Waals surface area contributed by atoms with Crippen molar-refractivity contribution < 1.29 is 20.1 Å². The predicted octanol–water partition coefficient (Wildman–Crippen LogP) is -2.77. The van der Waals surface area contributed by atoms with Crippen molar-refractivity contribution in [2.24, 2.45) is 5.73 Å². The van der Waals surface area contributed by atoms with Crippen molar-refractivity contribution >= 4 is 5.95 Å². The molecule has 1 aromatic rings. The second kappa shape index (κ2) is 6.29. The minimum Gasteiger partial charge on any atom is -0.394 e. The Bertz CT molecular complexity index is 508. The van der Waals surface area contributed by atoms with Gasteiger partial charge >= 0.3 is 0 Å². The van der Waals surface area contributed by atoms with Crippen molar-refractivity contribution in [2.75, 3.05) is 25.0 Å². The van der Waals surface area contributed by atoms with Gasteiger partial charge in [-0.2, -0.15) is 4.98 Å². The van der Waals surface area contributed by atoms with Crippen LogP contribution in [0.4, 0.5) is 5.95 Å². The van der Waals surface area contributed by atoms with Crippen molar-refractivity contribution in [3.63, 3.8) is 0 Å². The Morgan fingerprint density at radius 3 is 2.80 bits per heavy atom. The molecule has 1 aromatic heterocycles. The third-order valence-electron chi connectivity index (χ3n) is 3.06. The molecule has 4 atom stereocenters. The number of nitrogens with one attached hydrogen (secondary N) is 1. The molecule has 1 aliphatic rings. The second-order valence-corrected chi connectivity index (χ2v) is 4.44. The highest BCUT2D eigenvalue weighted by molar-refractivity contribution is 5.26. The van der Waals surface area contributed by atoms with E-state index in [1.165, 1.54) is 16.8 Å². The maximum Gasteiger partial charge on any atom is 0.274 e. The van der Waals surface area contributed by atoms with Gasteiger partial charge in [0.2, 0.25) is 5.95 Å². The summed E-state index contributed by atoms with van der Waals surface area (Å²) in [5.74, 6) is 0.179. The summed E-state index contributed by atoms with van der Waals surface area (Å²) in [5.41, 5.74) is 4.93. The summed E-state index contributed by atoms with van der Waals surface area (Å²) in [6, 6.07) is 1.21. The van der Waals surface area contributed by atoms with Gasteiger partial charge in [-0.15, -0.1) is 0 Å². The number of aliphatic hydroxyl groups is 3. The molecule has 9 heteroatoms. The van der Waals surface area contributed by atoms with Crippen LogP contribution in [0.5, 0.6) is 0 Å². The van der Waals surface area contributed by atoms with Crippen LogP contribution in [0.3, 0.4) is 0 Å². The van der Waals surface area contributed by atoms with Crippen LogP contribution in [0, 0.1) is 0 Å². The van der Waals surface area contributed by atoms with Crippen molar-refractivity contribution in [2.45, 2.75) is 24.5 Å². The summed E-state index contributed by atoms with van der Waals surface area (Å²) in [4.78, 5) is 15.1. The number of aromatic nitrogens is 2. The Hall–Kier alpha value is -1.52. The highest BCUT2D eigenvalue weighted by atomic mass is 16.6. The Balaban J connectivity index is 2.30. The van der Waals surface area contributed by atoms with Crippen LogP contribution in [0.2, 0.25) is 0 Å². The van der Waals surface area contributed by atoms with Crippen molar-refractivity contribution in [1.29, 1.82) is 0 Å². The van der Waals surface area contributed by atoms with E-state index in [0.29, 0.717) is 13.1 Å². The zero-order chi connectivity index (χ0) is 14.7. The summed E-state index contributed by atoms with van der Waals surface area (Å²) in [6.07, 6.45) is -2.90. The van der Waals surface area contributed by atoms with Gasteiger partial charge in [-0.1, -0.05) is 0 Å². The number of hydrogen-bond donors (Lipinski definition) is 5. The first-order valence-corrected chi connectivity index (χ1v) is 6.24. The molecule has 0 bridgehead atoms. The summed E-state index contributed by atoms with van der Waals surface area (Å²) in [5, 5.41) is 31.6. The summed E-state index contributed by atoms with van der Waals surface area (Å²) < 4.78 is 6.77. The number of ether oxygens (including phenoxy) is 1. The van der Waals surface area contributed by atoms with Crippen LogP contribution >= 0.6 is 0 Å². The molecule has 0 aliphatic carbocycles. The van der Waals surface area contributed by atoms with E-state index in [1.807, 2.05) is 0 Å². The average molecular weight is 286 g/mol. The van der Waals surface area contributed by atoms with E-state index in [4.69, 9.17) is 15.6 Å². The molecule has 2 rings (SSSR count). The molecule has 0 amide bonds. The van der Waals surface area contributed by atoms with Crippen molar-refractivity contribution in [3.05, 3.63) is 22.6 Å². The van der Waals surface area contributed by atoms with Gasteiger partial charge in [0.1, 0.15) is 18.3 Å². The fourth-order valence-electron chi connectivity index (χ4n) is 2.04. The molecule has 0 unspecified atom stereocenters. The molecule has 1 fully saturated rings. The third-order valence-corrected chi connectivity index (χ3v) is 3.06. The van der Waals surface area contributed by atoms with Crippen LogP contribution in [0.15, 0.2) is 17.1 Å². The lowest BCUT2D eigenvalue weighted by molar-refractivity contribution is -0.0524. The fraction of sp³-hybridized carbons (Fsp3) is 0.636. The predicted molar refractivity (Wildman–Crippen MR) is 69.1 cm³/mol. The number of aliphatic hydroxyl groups excluding tert-OH is 3. The quantitative estimate of drug-likeness (QED) is 0.391. The highest BCUT2D eigenvalue weighted by Crippen LogP contribution is 2.30. The topological polar surface area (TPSA) is 143 Å². The molecule has 0 saturated carbocycles. The van der Waals surface area contributed by atoms with E-state index >= 15 is 0 Å². The number of hydrogen-bond acceptors (Lipinski definition) is 8. The molecule has 0 radical (unpaired) electrons. The summed E-state index contributed by atoms with van der Waals surface area (Å²) in [7, 11) is 0. The molecule has 0 spiro atoms. The fourth-order valence-corrected chi connectivity index (χ4v) is 2.04. The van der Waals surface area contributed by atoms with Gasteiger partial charge in [0.05, 0.1) is 6.61 Å². The zero-order valence-electron chi connectivity index (χ0n) is 10.7. The van der Waals surface area contributed by atoms with Crippen molar-refractivity contribution in [3.8, 4) is 0 Å². The molecule has 0 aromatic carbocycles. The normalized spacial score (nSPS) is 29.6. The Kier molecular flexibility index (Phi) is 4.68. The lowest BCUT2D eigenvalue weighted by atomic mass is 10.1. The average Bonchev–Trinajstić information content (AvgIpc) is 2.73. The van der Waals surface area contributed by atoms with E-state index in [-0.39, 0.29) is 5.95 Å². The maximum absolute atomic E-state index is 11.3. The standard InChI is InChI=1S/C11H18N4O5/c12-2-3-13-11-14-7(17)1-4-15(11)10-9(19)8(18)6(5-16)20-10/h1,4,6,8-10,16,18-19H,2-3,5,12H2,(H,13,14,17)/t6-,8-,9+,10-/m1/s1. The number of nitrogens with two attached hydrogens (primary N) is 1. The Morgan fingerprint density at radius 2 is 2.20 bits per heavy atom. The SMILES string of the molecule is NCCNc1nc(=O)ccn1[C@@H]1O[C@H](CO)[C@@H](O)[C@@H]1O. The summed E-state index contributed by atoms with van der Waals surface area (Å²) >= 11 is 0. The number of rotatable bonds is 5. The monoisotopic (exact) mass is 286 g/mol. The van der Waals surface area contributed by atoms with Gasteiger partial charge in [-0.25, -0.2) is 0 Å². The lowest BCUT2D eigenvalue weighted by Gasteiger charge is -2.21. The van der Waals surface area contributed by atoms with E-state index in [2.05, 4.69) is 10.3 Å². The summed E-state index contributed by atoms with van der Waals surface area (Å²) in [6.45, 7) is 0.292. The number of anilines is 1. The minimum atomic E-state index is -1.24. The van der Waals surface area contributed by atoms with Gasteiger partial charge in [-0.3, -0.25) is 9.36 Å². The van der Waals surface area contributed by atoms with Gasteiger partial charge in [0.15, 0.2) is 6.23 Å². The van der Waals surface area contributed by atoms with Crippen LogP contribution in [0.25, 0.3) is 0 Å². The van der Waals surface area contributed by atoms with Gasteiger partial charge in [-0.05, 0) is 0 Å². The molecule has 20 heavy (non-hydrogen) atoms. The molecule has 112 valence electrons. The maximum atomic E-state index is 11.3. The van der Waals surface area contributed by atoms with E-state index in [0.717, 1.165) is 0 Å². The molecule has 2 heterocycles. The first-order chi connectivity index (χ1) is 9.58. The molecule has 1 saturated heterocycles. The molecular formula is C11H18N4O5. The van der Waals surface area contributed by atoms with Gasteiger partial charge in [0, 0.05) is 25.4 Å². The van der Waals surface area contributed by atoms with Crippen LogP contribution in [0.1, 0.15) is 6.23 Å². The van der Waals surface area contributed by atoms with E-state index in [1.54, 1.807) is 0 Å². The van der Waals surface area contributed by atoms with Crippen LogP contribution < -0.4 is 16.6 Å². The van der Waals surface area contributed by atoms with Gasteiger partial charge in [0.25, 0.3) is 5.56 Å². The van der Waals surface area contributed by atoms with E-state index in [9.17, 15) is 15.0 Å². The Labute approximate surface area is 114 Å². The first-order valence-electron chi connectivity index (χ1n) is 6.24. The Morgan fingerprint density at radius 1 is 1.45 bits per heavy atom.